The van der Waals surface area contributed by atoms with Gasteiger partial charge in [0.15, 0.2) is 22.8 Å². The number of unbranched alkanes of at least 4 members (excludes halogenated alkanes) is 7. The first-order chi connectivity index (χ1) is 29.6. The third kappa shape index (κ3) is 19.4. The topological polar surface area (TPSA) is 375 Å². The number of ether oxygens (including phenoxy) is 1. The lowest BCUT2D eigenvalue weighted by molar-refractivity contribution is -0.347. The molecule has 0 spiro atoms. The Balaban J connectivity index is 1.36. The van der Waals surface area contributed by atoms with Crippen LogP contribution in [0.25, 0.3) is 11.2 Å². The highest BCUT2D eigenvalue weighted by molar-refractivity contribution is 8.13. The van der Waals surface area contributed by atoms with Gasteiger partial charge in [-0.15, -0.1) is 0 Å². The summed E-state index contributed by atoms with van der Waals surface area (Å²) in [6.45, 7) is 2.34. The number of rotatable bonds is 30. The summed E-state index contributed by atoms with van der Waals surface area (Å²) in [6, 6.07) is 0. The minimum absolute atomic E-state index is 0.00505. The molecule has 28 heteroatoms. The van der Waals surface area contributed by atoms with Gasteiger partial charge in [-0.1, -0.05) is 83.2 Å². The summed E-state index contributed by atoms with van der Waals surface area (Å²) in [5, 5.41) is 26.4. The predicted octanol–water partition coefficient (Wildman–Crippen LogP) is 0.614. The lowest BCUT2D eigenvalue weighted by atomic mass is 9.87. The fourth-order valence-corrected chi connectivity index (χ4v) is 9.43. The number of carbonyl (C=O) groups is 3. The molecule has 0 radical (unpaired) electrons. The van der Waals surface area contributed by atoms with Crippen LogP contribution in [0.3, 0.4) is 0 Å². The number of phosphoric ester groups is 3. The van der Waals surface area contributed by atoms with Gasteiger partial charge >= 0.3 is 0 Å². The Morgan fingerprint density at radius 3 is 2.33 bits per heavy atom. The summed E-state index contributed by atoms with van der Waals surface area (Å²) in [6.07, 6.45) is 7.30. The predicted molar refractivity (Wildman–Crippen MR) is 219 cm³/mol. The van der Waals surface area contributed by atoms with E-state index in [1.54, 1.807) is 0 Å². The van der Waals surface area contributed by atoms with Gasteiger partial charge in [-0.3, -0.25) is 28.1 Å². The molecule has 0 bridgehead atoms. The second-order valence-electron chi connectivity index (χ2n) is 15.1. The summed E-state index contributed by atoms with van der Waals surface area (Å²) in [7, 11) is -17.6. The van der Waals surface area contributed by atoms with E-state index in [2.05, 4.69) is 56.5 Å². The number of aliphatic hydroxyl groups excluding tert-OH is 2. The number of nitrogens with zero attached hydrogens (tertiary/aromatic N) is 4. The van der Waals surface area contributed by atoms with Crippen LogP contribution in [0.5, 0.6) is 0 Å². The van der Waals surface area contributed by atoms with E-state index in [0.29, 0.717) is 18.6 Å². The molecule has 1 fully saturated rings. The van der Waals surface area contributed by atoms with Gasteiger partial charge in [0, 0.05) is 37.1 Å². The number of aliphatic hydroxyl groups is 2. The zero-order chi connectivity index (χ0) is 46.8. The average Bonchev–Trinajstić information content (AvgIpc) is 3.76. The van der Waals surface area contributed by atoms with Crippen molar-refractivity contribution in [2.45, 2.75) is 122 Å². The van der Waals surface area contributed by atoms with Crippen LogP contribution in [0.15, 0.2) is 24.8 Å². The smallest absolute Gasteiger partial charge is 0.274 e. The fourth-order valence-electron chi connectivity index (χ4n) is 6.00. The number of anilines is 1. The van der Waals surface area contributed by atoms with Crippen molar-refractivity contribution in [2.75, 3.05) is 37.8 Å². The summed E-state index contributed by atoms with van der Waals surface area (Å²) < 4.78 is 60.7. The summed E-state index contributed by atoms with van der Waals surface area (Å²) >= 11 is 1.11. The number of imidazole rings is 1. The Morgan fingerprint density at radius 2 is 1.63 bits per heavy atom. The minimum Gasteiger partial charge on any atom is -0.790 e. The number of phosphoric acid groups is 3. The zero-order valence-electron chi connectivity index (χ0n) is 35.1. The molecule has 2 unspecified atom stereocenters. The minimum atomic E-state index is -5.92. The van der Waals surface area contributed by atoms with Crippen LogP contribution < -0.4 is 35.9 Å². The number of nitrogen functional groups attached to an aromatic ring is 1. The van der Waals surface area contributed by atoms with E-state index in [1.165, 1.54) is 52.4 Å². The van der Waals surface area contributed by atoms with Gasteiger partial charge in [0.2, 0.25) is 11.8 Å². The molecule has 2 aromatic heterocycles. The monoisotopic (exact) mass is 971 g/mol. The Morgan fingerprint density at radius 1 is 0.968 bits per heavy atom. The van der Waals surface area contributed by atoms with Crippen molar-refractivity contribution in [1.82, 2.24) is 30.2 Å². The number of aromatic nitrogens is 4. The summed E-state index contributed by atoms with van der Waals surface area (Å²) in [5.74, 6) is -1.17. The molecule has 3 rings (SSSR count). The van der Waals surface area contributed by atoms with Crippen LogP contribution in [0.1, 0.15) is 97.6 Å². The highest BCUT2D eigenvalue weighted by atomic mass is 32.2. The van der Waals surface area contributed by atoms with Crippen molar-refractivity contribution in [3.8, 4) is 0 Å². The number of nitrogens with one attached hydrogen (secondary N) is 2. The molecule has 2 amide bonds. The van der Waals surface area contributed by atoms with Gasteiger partial charge in [-0.05, 0) is 19.3 Å². The molecule has 63 heavy (non-hydrogen) atoms. The summed E-state index contributed by atoms with van der Waals surface area (Å²) in [5.41, 5.74) is 4.08. The van der Waals surface area contributed by atoms with Crippen LogP contribution in [0.2, 0.25) is 0 Å². The highest BCUT2D eigenvalue weighted by Gasteiger charge is 2.47. The van der Waals surface area contributed by atoms with E-state index < -0.39 is 84.6 Å². The molecule has 1 aliphatic heterocycles. The maximum atomic E-state index is 12.6. The highest BCUT2D eigenvalue weighted by Crippen LogP contribution is 2.56. The van der Waals surface area contributed by atoms with Crippen molar-refractivity contribution in [3.63, 3.8) is 0 Å². The molecule has 6 N–H and O–H groups in total. The molecule has 1 saturated heterocycles. The first kappa shape index (κ1) is 54.6. The van der Waals surface area contributed by atoms with E-state index in [4.69, 9.17) is 10.5 Å². The molecule has 0 aliphatic carbocycles. The van der Waals surface area contributed by atoms with Crippen LogP contribution in [0.4, 0.5) is 5.82 Å². The van der Waals surface area contributed by atoms with Crippen LogP contribution in [-0.4, -0.2) is 103 Å². The Bertz CT molecular complexity index is 1970. The normalized spacial score (nSPS) is 20.7. The lowest BCUT2D eigenvalue weighted by Crippen LogP contribution is -2.46. The largest absolute Gasteiger partial charge is 0.790 e. The van der Waals surface area contributed by atoms with Gasteiger partial charge < -0.3 is 69.0 Å². The number of hydrogen-bond donors (Lipinski definition) is 5. The quantitative estimate of drug-likeness (QED) is 0.0407. The van der Waals surface area contributed by atoms with Crippen molar-refractivity contribution in [1.29, 1.82) is 0 Å². The number of carbonyl (C=O) groups excluding carboxylic acids is 3. The van der Waals surface area contributed by atoms with Crippen molar-refractivity contribution >= 4 is 69.1 Å². The van der Waals surface area contributed by atoms with E-state index in [9.17, 15) is 57.9 Å². The number of allylic oxidation sites excluding steroid dienone is 2. The third-order valence-corrected chi connectivity index (χ3v) is 13.3. The third-order valence-electron chi connectivity index (χ3n) is 9.40. The van der Waals surface area contributed by atoms with Gasteiger partial charge in [-0.2, -0.15) is 0 Å². The Kier molecular flexibility index (Phi) is 22.4. The molecule has 0 saturated carbocycles. The van der Waals surface area contributed by atoms with Crippen molar-refractivity contribution in [3.05, 3.63) is 24.8 Å². The number of thioether (sulfide) groups is 1. The van der Waals surface area contributed by atoms with E-state index in [-0.39, 0.29) is 41.6 Å². The van der Waals surface area contributed by atoms with Crippen molar-refractivity contribution < 1.29 is 80.5 Å². The molecular weight excluding hydrogens is 915 g/mol. The van der Waals surface area contributed by atoms with Crippen LogP contribution >= 0.6 is 35.2 Å². The Hall–Kier alpha value is -2.70. The Labute approximate surface area is 368 Å². The van der Waals surface area contributed by atoms with E-state index >= 15 is 0 Å². The molecule has 7 atom stereocenters. The van der Waals surface area contributed by atoms with Gasteiger partial charge in [0.1, 0.15) is 36.3 Å². The van der Waals surface area contributed by atoms with Gasteiger partial charge in [0.25, 0.3) is 15.6 Å². The number of nitrogens with two attached hydrogens (primary N) is 1. The SMILES string of the molecule is CCCCCCCCC/C=C\CCC(=O)SCCNC(=O)CCNC(=O)[C@H](O)C(C)(C)COP(=O)([O-])OP(=O)([O-])OC[C@H]1O[C@@H](n2cnc3c(N)ncnc32)[C@H](O)[C@@H]1OP(=O)([O-])[O-]. The zero-order valence-corrected chi connectivity index (χ0v) is 38.6. The van der Waals surface area contributed by atoms with Gasteiger partial charge in [-0.25, -0.2) is 19.3 Å². The maximum absolute atomic E-state index is 12.6. The molecule has 0 aromatic carbocycles. The fraction of sp³-hybridized carbons (Fsp3) is 0.714. The average molecular weight is 972 g/mol. The molecule has 24 nitrogen and oxygen atoms in total. The second-order valence-corrected chi connectivity index (χ2v) is 20.3. The molecule has 1 aliphatic rings. The van der Waals surface area contributed by atoms with Crippen LogP contribution in [-0.2, 0) is 50.7 Å². The second kappa shape index (κ2) is 25.9. The molecular formula is C35H56N7O17P3S-4. The maximum Gasteiger partial charge on any atom is 0.274 e. The standard InChI is InChI=1S/C35H60N7O17P3S/c1-4-5-6-7-8-9-10-11-12-13-14-15-26(44)63-19-18-37-25(43)16-17-38-33(47)30(46)35(2,3)21-56-62(53,54)59-61(51,52)55-20-24-29(58-60(48,49)50)28(45)34(57-24)42-23-41-27-31(36)39-22-40-32(27)42/h12-13,22-24,28-30,34,45-46H,4-11,14-21H2,1-3H3,(H,37,43)(H,38,47)(H,51,52)(H,53,54)(H2,36,39,40)(H2,48,49,50)/p-4/b13-12-/t24-,28-,29-,30+,34-/m1/s1. The molecule has 358 valence electrons. The van der Waals surface area contributed by atoms with E-state index in [0.717, 1.165) is 41.8 Å². The summed E-state index contributed by atoms with van der Waals surface area (Å²) in [4.78, 5) is 96.6. The molecule has 3 heterocycles. The number of amides is 2. The van der Waals surface area contributed by atoms with Crippen LogP contribution in [0, 0.1) is 5.41 Å². The van der Waals surface area contributed by atoms with Crippen molar-refractivity contribution in [2.24, 2.45) is 5.41 Å². The number of hydrogen-bond acceptors (Lipinski definition) is 22. The first-order valence-corrected chi connectivity index (χ1v) is 25.5. The first-order valence-electron chi connectivity index (χ1n) is 20.2. The van der Waals surface area contributed by atoms with Gasteiger partial charge in [0.05, 0.1) is 27.4 Å². The van der Waals surface area contributed by atoms with E-state index in [1.807, 2.05) is 6.08 Å². The number of fused-ring (bicyclic) bond motifs is 1. The molecule has 2 aromatic rings. The lowest BCUT2D eigenvalue weighted by Gasteiger charge is -2.36.